The normalized spacial score (nSPS) is 27.2. The van der Waals surface area contributed by atoms with Crippen LogP contribution in [0.15, 0.2) is 45.6 Å². The largest absolute Gasteiger partial charge is 0.547 e. The molecule has 1 fully saturated rings. The second-order valence-corrected chi connectivity index (χ2v) is 6.61. The van der Waals surface area contributed by atoms with E-state index >= 15 is 0 Å². The smallest absolute Gasteiger partial charge is 0.344 e. The van der Waals surface area contributed by atoms with Crippen LogP contribution in [0.3, 0.4) is 0 Å². The van der Waals surface area contributed by atoms with Crippen molar-refractivity contribution in [2.45, 2.75) is 30.7 Å². The zero-order chi connectivity index (χ0) is 20.9. The van der Waals surface area contributed by atoms with E-state index in [1.807, 2.05) is 0 Å². The molecule has 4 N–H and O–H groups in total. The Labute approximate surface area is 161 Å². The third-order valence-electron chi connectivity index (χ3n) is 4.72. The molecule has 1 aromatic heterocycles. The van der Waals surface area contributed by atoms with E-state index in [-0.39, 0.29) is 22.5 Å². The van der Waals surface area contributed by atoms with E-state index in [0.29, 0.717) is 10.8 Å². The quantitative estimate of drug-likeness (QED) is 0.301. The Balaban J connectivity index is 1.70. The Bertz CT molecular complexity index is 1150. The molecule has 0 aliphatic carbocycles. The van der Waals surface area contributed by atoms with E-state index in [1.165, 1.54) is 36.4 Å². The molecule has 10 heteroatoms. The maximum absolute atomic E-state index is 12.2. The first-order chi connectivity index (χ1) is 13.8. The van der Waals surface area contributed by atoms with Crippen LogP contribution in [0.25, 0.3) is 21.7 Å². The van der Waals surface area contributed by atoms with Crippen LogP contribution in [-0.4, -0.2) is 57.1 Å². The Morgan fingerprint density at radius 1 is 0.966 bits per heavy atom. The number of carboxylic acid groups (broad SMARTS) is 1. The lowest BCUT2D eigenvalue weighted by molar-refractivity contribution is -0.342. The number of carbonyl (C=O) groups is 1. The molecule has 0 saturated carbocycles. The topological polar surface area (TPSA) is 170 Å². The SMILES string of the molecule is O=C([O-])[C@H]1O[C@@H](Oc2ccc3c(c2)oc(=O)c2ccc(O)cc23)[C@H](O)[C@@H](O)[C@@H]1O. The minimum Gasteiger partial charge on any atom is -0.547 e. The van der Waals surface area contributed by atoms with Crippen molar-refractivity contribution in [1.29, 1.82) is 0 Å². The maximum Gasteiger partial charge on any atom is 0.344 e. The van der Waals surface area contributed by atoms with Gasteiger partial charge in [-0.25, -0.2) is 4.79 Å². The third-order valence-corrected chi connectivity index (χ3v) is 4.72. The number of carbonyl (C=O) groups excluding carboxylic acids is 1. The number of aliphatic hydroxyl groups is 3. The summed E-state index contributed by atoms with van der Waals surface area (Å²) in [5, 5.41) is 51.5. The van der Waals surface area contributed by atoms with Crippen LogP contribution in [0.5, 0.6) is 11.5 Å². The number of benzene rings is 2. The van der Waals surface area contributed by atoms with Crippen LogP contribution < -0.4 is 15.5 Å². The molecule has 152 valence electrons. The van der Waals surface area contributed by atoms with Gasteiger partial charge in [-0.05, 0) is 30.3 Å². The van der Waals surface area contributed by atoms with E-state index in [0.717, 1.165) is 0 Å². The van der Waals surface area contributed by atoms with Crippen LogP contribution in [-0.2, 0) is 9.53 Å². The summed E-state index contributed by atoms with van der Waals surface area (Å²) in [5.74, 6) is -1.79. The average Bonchev–Trinajstić information content (AvgIpc) is 2.68. The zero-order valence-corrected chi connectivity index (χ0v) is 14.6. The van der Waals surface area contributed by atoms with E-state index in [1.54, 1.807) is 0 Å². The summed E-state index contributed by atoms with van der Waals surface area (Å²) in [6, 6.07) is 8.48. The Morgan fingerprint density at radius 2 is 1.69 bits per heavy atom. The molecule has 1 aliphatic heterocycles. The van der Waals surface area contributed by atoms with E-state index in [4.69, 9.17) is 13.9 Å². The minimum atomic E-state index is -1.91. The molecule has 10 nitrogen and oxygen atoms in total. The van der Waals surface area contributed by atoms with Gasteiger partial charge in [0.25, 0.3) is 0 Å². The van der Waals surface area contributed by atoms with Crippen molar-refractivity contribution in [3.63, 3.8) is 0 Å². The highest BCUT2D eigenvalue weighted by Gasteiger charge is 2.45. The molecule has 0 amide bonds. The van der Waals surface area contributed by atoms with Crippen molar-refractivity contribution < 1.29 is 44.2 Å². The van der Waals surface area contributed by atoms with Crippen LogP contribution in [0.1, 0.15) is 0 Å². The number of phenolic OH excluding ortho intramolecular Hbond substituents is 1. The van der Waals surface area contributed by atoms with Crippen LogP contribution in [0.2, 0.25) is 0 Å². The maximum atomic E-state index is 12.2. The van der Waals surface area contributed by atoms with Crippen molar-refractivity contribution in [2.75, 3.05) is 0 Å². The molecule has 5 atom stereocenters. The molecule has 3 aromatic rings. The molecule has 2 heterocycles. The van der Waals surface area contributed by atoms with Gasteiger partial charge in [0, 0.05) is 16.8 Å². The molecular weight excluding hydrogens is 388 g/mol. The van der Waals surface area contributed by atoms with E-state index < -0.39 is 42.3 Å². The van der Waals surface area contributed by atoms with Crippen molar-refractivity contribution in [1.82, 2.24) is 0 Å². The lowest BCUT2D eigenvalue weighted by Gasteiger charge is -2.40. The first-order valence-electron chi connectivity index (χ1n) is 8.53. The van der Waals surface area contributed by atoms with Crippen molar-refractivity contribution >= 4 is 27.7 Å². The third kappa shape index (κ3) is 3.28. The van der Waals surface area contributed by atoms with Gasteiger partial charge >= 0.3 is 5.63 Å². The van der Waals surface area contributed by atoms with Crippen molar-refractivity contribution in [3.8, 4) is 11.5 Å². The molecule has 0 radical (unpaired) electrons. The predicted octanol–water partition coefficient (Wildman–Crippen LogP) is -1.41. The summed E-state index contributed by atoms with van der Waals surface area (Å²) in [6.45, 7) is 0. The average molecular weight is 403 g/mol. The van der Waals surface area contributed by atoms with E-state index in [9.17, 15) is 35.1 Å². The van der Waals surface area contributed by atoms with Crippen LogP contribution in [0, 0.1) is 0 Å². The van der Waals surface area contributed by atoms with Gasteiger partial charge in [0.2, 0.25) is 6.29 Å². The molecule has 4 rings (SSSR count). The van der Waals surface area contributed by atoms with Gasteiger partial charge in [-0.2, -0.15) is 0 Å². The monoisotopic (exact) mass is 403 g/mol. The lowest BCUT2D eigenvalue weighted by Crippen LogP contribution is -2.63. The van der Waals surface area contributed by atoms with Gasteiger partial charge < -0.3 is 44.2 Å². The second kappa shape index (κ2) is 7.01. The Morgan fingerprint density at radius 3 is 2.41 bits per heavy atom. The number of hydrogen-bond acceptors (Lipinski definition) is 10. The van der Waals surface area contributed by atoms with Crippen molar-refractivity contribution in [3.05, 3.63) is 46.8 Å². The number of phenols is 1. The summed E-state index contributed by atoms with van der Waals surface area (Å²) in [6.07, 6.45) is -9.05. The number of aliphatic hydroxyl groups excluding tert-OH is 3. The minimum absolute atomic E-state index is 0.0323. The number of aliphatic carboxylic acids is 1. The Kier molecular flexibility index (Phi) is 4.63. The summed E-state index contributed by atoms with van der Waals surface area (Å²) < 4.78 is 15.7. The number of hydrogen-bond donors (Lipinski definition) is 4. The fraction of sp³-hybridized carbons (Fsp3) is 0.263. The summed E-state index contributed by atoms with van der Waals surface area (Å²) in [4.78, 5) is 23.2. The highest BCUT2D eigenvalue weighted by molar-refractivity contribution is 6.05. The summed E-state index contributed by atoms with van der Waals surface area (Å²) in [5.41, 5.74) is -0.540. The highest BCUT2D eigenvalue weighted by Crippen LogP contribution is 2.30. The van der Waals surface area contributed by atoms with Gasteiger partial charge in [-0.15, -0.1) is 0 Å². The molecule has 29 heavy (non-hydrogen) atoms. The molecule has 1 aliphatic rings. The molecular formula is C19H15O10-. The van der Waals surface area contributed by atoms with Gasteiger partial charge in [0.15, 0.2) is 0 Å². The van der Waals surface area contributed by atoms with Gasteiger partial charge in [0.05, 0.1) is 11.4 Å². The number of fused-ring (bicyclic) bond motifs is 3. The summed E-state index contributed by atoms with van der Waals surface area (Å²) >= 11 is 0. The summed E-state index contributed by atoms with van der Waals surface area (Å²) in [7, 11) is 0. The van der Waals surface area contributed by atoms with Gasteiger partial charge in [-0.3, -0.25) is 0 Å². The predicted molar refractivity (Wildman–Crippen MR) is 94.0 cm³/mol. The fourth-order valence-electron chi connectivity index (χ4n) is 3.25. The number of carboxylic acids is 1. The first kappa shape index (κ1) is 19.2. The fourth-order valence-corrected chi connectivity index (χ4v) is 3.25. The molecule has 0 spiro atoms. The zero-order valence-electron chi connectivity index (χ0n) is 14.6. The van der Waals surface area contributed by atoms with Crippen molar-refractivity contribution in [2.24, 2.45) is 0 Å². The standard InChI is InChI=1S/C19H16O10/c20-7-1-3-10-11(5-7)9-4-2-8(6-12(9)28-18(10)26)27-19-15(23)13(21)14(22)16(29-19)17(24)25/h1-6,13-16,19-23H,(H,24,25)/p-1/t13-,14-,15+,16-,19+/m0/s1. The lowest BCUT2D eigenvalue weighted by atomic mass is 9.99. The van der Waals surface area contributed by atoms with E-state index in [2.05, 4.69) is 0 Å². The number of aromatic hydroxyl groups is 1. The van der Waals surface area contributed by atoms with Gasteiger partial charge in [-0.1, -0.05) is 0 Å². The molecule has 1 saturated heterocycles. The van der Waals surface area contributed by atoms with Crippen LogP contribution >= 0.6 is 0 Å². The molecule has 0 bridgehead atoms. The van der Waals surface area contributed by atoms with Crippen LogP contribution in [0.4, 0.5) is 0 Å². The number of rotatable bonds is 3. The highest BCUT2D eigenvalue weighted by atomic mass is 16.7. The molecule has 0 unspecified atom stereocenters. The van der Waals surface area contributed by atoms with Gasteiger partial charge in [0.1, 0.15) is 41.5 Å². The second-order valence-electron chi connectivity index (χ2n) is 6.61. The first-order valence-corrected chi connectivity index (χ1v) is 8.53. The number of ether oxygens (including phenoxy) is 2. The Hall–Kier alpha value is -3.18. The molecule has 2 aromatic carbocycles.